The van der Waals surface area contributed by atoms with Gasteiger partial charge in [0.1, 0.15) is 6.61 Å². The summed E-state index contributed by atoms with van der Waals surface area (Å²) in [5.74, 6) is 1.01. The third-order valence-corrected chi connectivity index (χ3v) is 4.71. The van der Waals surface area contributed by atoms with Gasteiger partial charge in [-0.2, -0.15) is 0 Å². The Bertz CT molecular complexity index is 866. The summed E-state index contributed by atoms with van der Waals surface area (Å²) in [6.45, 7) is 4.06. The van der Waals surface area contributed by atoms with Crippen molar-refractivity contribution in [1.82, 2.24) is 0 Å². The predicted octanol–water partition coefficient (Wildman–Crippen LogP) is 2.61. The van der Waals surface area contributed by atoms with Crippen LogP contribution in [0.25, 0.3) is 0 Å². The highest BCUT2D eigenvalue weighted by Gasteiger charge is 2.38. The molecule has 0 spiro atoms. The number of carbonyl (C=O) groups excluding carboxylic acids is 2. The van der Waals surface area contributed by atoms with Gasteiger partial charge >= 0.3 is 0 Å². The van der Waals surface area contributed by atoms with Gasteiger partial charge in [0.05, 0.1) is 17.4 Å². The Hall–Kier alpha value is -3.02. The lowest BCUT2D eigenvalue weighted by Gasteiger charge is -2.42. The molecule has 2 unspecified atom stereocenters. The zero-order valence-electron chi connectivity index (χ0n) is 14.7. The molecule has 6 nitrogen and oxygen atoms in total. The van der Waals surface area contributed by atoms with Crippen molar-refractivity contribution >= 4 is 23.2 Å². The molecule has 0 aliphatic carbocycles. The summed E-state index contributed by atoms with van der Waals surface area (Å²) in [6.07, 6.45) is -0.714. The fourth-order valence-electron chi connectivity index (χ4n) is 3.58. The molecule has 0 bridgehead atoms. The maximum absolute atomic E-state index is 13.2. The molecule has 26 heavy (non-hydrogen) atoms. The Labute approximate surface area is 151 Å². The van der Waals surface area contributed by atoms with Gasteiger partial charge in [0, 0.05) is 13.5 Å². The summed E-state index contributed by atoms with van der Waals surface area (Å²) in [6, 6.07) is 14.6. The van der Waals surface area contributed by atoms with Crippen molar-refractivity contribution < 1.29 is 19.1 Å². The molecule has 2 aliphatic heterocycles. The molecule has 0 saturated heterocycles. The second kappa shape index (κ2) is 6.37. The van der Waals surface area contributed by atoms with Gasteiger partial charge in [0.25, 0.3) is 5.91 Å². The van der Waals surface area contributed by atoms with Crippen LogP contribution in [0.15, 0.2) is 48.5 Å². The molecular formula is C20H20N2O4. The molecule has 2 aromatic rings. The van der Waals surface area contributed by atoms with Crippen molar-refractivity contribution in [3.05, 3.63) is 48.5 Å². The first-order chi connectivity index (χ1) is 12.6. The number of fused-ring (bicyclic) bond motifs is 2. The van der Waals surface area contributed by atoms with Gasteiger partial charge in [-0.15, -0.1) is 0 Å². The van der Waals surface area contributed by atoms with Crippen LogP contribution in [0.4, 0.5) is 11.4 Å². The minimum absolute atomic E-state index is 0.0387. The van der Waals surface area contributed by atoms with Crippen LogP contribution >= 0.6 is 0 Å². The number of ether oxygens (including phenoxy) is 2. The summed E-state index contributed by atoms with van der Waals surface area (Å²) in [7, 11) is 0. The molecule has 2 aromatic carbocycles. The van der Waals surface area contributed by atoms with Crippen LogP contribution < -0.4 is 19.3 Å². The van der Waals surface area contributed by atoms with Crippen molar-refractivity contribution in [3.8, 4) is 11.5 Å². The minimum atomic E-state index is -0.714. The predicted molar refractivity (Wildman–Crippen MR) is 97.8 cm³/mol. The second-order valence-corrected chi connectivity index (χ2v) is 6.54. The number of anilines is 2. The third kappa shape index (κ3) is 2.67. The zero-order chi connectivity index (χ0) is 18.3. The second-order valence-electron chi connectivity index (χ2n) is 6.54. The first-order valence-electron chi connectivity index (χ1n) is 8.65. The van der Waals surface area contributed by atoms with Gasteiger partial charge in [-0.25, -0.2) is 0 Å². The van der Waals surface area contributed by atoms with Gasteiger partial charge in [-0.3, -0.25) is 9.59 Å². The van der Waals surface area contributed by atoms with Crippen LogP contribution in [0.5, 0.6) is 11.5 Å². The highest BCUT2D eigenvalue weighted by Crippen LogP contribution is 2.37. The third-order valence-electron chi connectivity index (χ3n) is 4.71. The Morgan fingerprint density at radius 3 is 2.38 bits per heavy atom. The SMILES string of the molecule is CC(=O)N1c2ccccc2N(C(=O)C2COc3ccccc3O2)CC1C. The van der Waals surface area contributed by atoms with E-state index in [4.69, 9.17) is 9.47 Å². The summed E-state index contributed by atoms with van der Waals surface area (Å²) >= 11 is 0. The van der Waals surface area contributed by atoms with Crippen LogP contribution in [-0.2, 0) is 9.59 Å². The van der Waals surface area contributed by atoms with E-state index in [1.807, 2.05) is 49.4 Å². The zero-order valence-corrected chi connectivity index (χ0v) is 14.7. The van der Waals surface area contributed by atoms with E-state index in [0.717, 1.165) is 5.69 Å². The lowest BCUT2D eigenvalue weighted by Crippen LogP contribution is -2.55. The molecule has 134 valence electrons. The fraction of sp³-hybridized carbons (Fsp3) is 0.300. The fourth-order valence-corrected chi connectivity index (χ4v) is 3.58. The van der Waals surface area contributed by atoms with Crippen molar-refractivity contribution in [2.45, 2.75) is 26.0 Å². The first-order valence-corrected chi connectivity index (χ1v) is 8.65. The number of para-hydroxylation sites is 4. The van der Waals surface area contributed by atoms with Crippen LogP contribution in [0.2, 0.25) is 0 Å². The number of amides is 2. The lowest BCUT2D eigenvalue weighted by molar-refractivity contribution is -0.128. The maximum Gasteiger partial charge on any atom is 0.271 e. The largest absolute Gasteiger partial charge is 0.485 e. The van der Waals surface area contributed by atoms with Crippen LogP contribution in [0.3, 0.4) is 0 Å². The molecule has 0 fully saturated rings. The number of hydrogen-bond acceptors (Lipinski definition) is 4. The van der Waals surface area contributed by atoms with Gasteiger partial charge in [0.15, 0.2) is 11.5 Å². The first kappa shape index (κ1) is 16.4. The Balaban J connectivity index is 1.64. The smallest absolute Gasteiger partial charge is 0.271 e. The molecule has 2 heterocycles. The summed E-state index contributed by atoms with van der Waals surface area (Å²) in [4.78, 5) is 28.7. The molecular weight excluding hydrogens is 332 g/mol. The highest BCUT2D eigenvalue weighted by molar-refractivity contribution is 6.05. The molecule has 0 radical (unpaired) electrons. The lowest BCUT2D eigenvalue weighted by atomic mass is 10.1. The molecule has 4 rings (SSSR count). The molecule has 2 atom stereocenters. The van der Waals surface area contributed by atoms with Crippen molar-refractivity contribution in [3.63, 3.8) is 0 Å². The maximum atomic E-state index is 13.2. The number of carbonyl (C=O) groups is 2. The van der Waals surface area contributed by atoms with Gasteiger partial charge in [-0.1, -0.05) is 24.3 Å². The minimum Gasteiger partial charge on any atom is -0.485 e. The average Bonchev–Trinajstić information content (AvgIpc) is 2.66. The molecule has 0 N–H and O–H groups in total. The normalized spacial score (nSPS) is 21.2. The molecule has 6 heteroatoms. The van der Waals surface area contributed by atoms with Crippen molar-refractivity contribution in [2.24, 2.45) is 0 Å². The Morgan fingerprint density at radius 2 is 1.65 bits per heavy atom. The topological polar surface area (TPSA) is 59.1 Å². The number of rotatable bonds is 1. The molecule has 2 amide bonds. The van der Waals surface area contributed by atoms with E-state index in [-0.39, 0.29) is 24.5 Å². The van der Waals surface area contributed by atoms with Crippen LogP contribution in [0, 0.1) is 0 Å². The summed E-state index contributed by atoms with van der Waals surface area (Å²) in [5.41, 5.74) is 1.46. The van der Waals surface area contributed by atoms with E-state index in [1.54, 1.807) is 22.8 Å². The molecule has 0 aromatic heterocycles. The monoisotopic (exact) mass is 352 g/mol. The standard InChI is InChI=1S/C20H20N2O4/c1-13-11-21(15-7-3-4-8-16(15)22(13)14(2)23)20(24)19-12-25-17-9-5-6-10-18(17)26-19/h3-10,13,19H,11-12H2,1-2H3. The van der Waals surface area contributed by atoms with E-state index >= 15 is 0 Å². The summed E-state index contributed by atoms with van der Waals surface area (Å²) in [5, 5.41) is 0. The van der Waals surface area contributed by atoms with Crippen LogP contribution in [-0.4, -0.2) is 37.1 Å². The van der Waals surface area contributed by atoms with Gasteiger partial charge < -0.3 is 19.3 Å². The van der Waals surface area contributed by atoms with E-state index in [1.165, 1.54) is 0 Å². The van der Waals surface area contributed by atoms with Crippen molar-refractivity contribution in [1.29, 1.82) is 0 Å². The van der Waals surface area contributed by atoms with E-state index in [0.29, 0.717) is 23.7 Å². The highest BCUT2D eigenvalue weighted by atomic mass is 16.6. The van der Waals surface area contributed by atoms with Gasteiger partial charge in [-0.05, 0) is 31.2 Å². The van der Waals surface area contributed by atoms with E-state index in [2.05, 4.69) is 0 Å². The van der Waals surface area contributed by atoms with E-state index in [9.17, 15) is 9.59 Å². The number of nitrogens with zero attached hydrogens (tertiary/aromatic N) is 2. The Kier molecular flexibility index (Phi) is 4.03. The van der Waals surface area contributed by atoms with E-state index < -0.39 is 6.10 Å². The molecule has 0 saturated carbocycles. The average molecular weight is 352 g/mol. The molecule has 2 aliphatic rings. The van der Waals surface area contributed by atoms with Crippen molar-refractivity contribution in [2.75, 3.05) is 23.0 Å². The number of hydrogen-bond donors (Lipinski definition) is 0. The summed E-state index contributed by atoms with van der Waals surface area (Å²) < 4.78 is 11.6. The number of benzene rings is 2. The Morgan fingerprint density at radius 1 is 1.00 bits per heavy atom. The van der Waals surface area contributed by atoms with Crippen LogP contribution in [0.1, 0.15) is 13.8 Å². The van der Waals surface area contributed by atoms with Gasteiger partial charge in [0.2, 0.25) is 12.0 Å². The quantitative estimate of drug-likeness (QED) is 0.792.